The van der Waals surface area contributed by atoms with Crippen LogP contribution in [0.5, 0.6) is 0 Å². The van der Waals surface area contributed by atoms with Crippen molar-refractivity contribution in [1.29, 1.82) is 0 Å². The first-order valence-electron chi connectivity index (χ1n) is 7.90. The molecule has 3 N–H and O–H groups in total. The first kappa shape index (κ1) is 16.6. The maximum Gasteiger partial charge on any atom is 0.274 e. The zero-order chi connectivity index (χ0) is 17.8. The number of nitrogen functional groups attached to an aromatic ring is 1. The lowest BCUT2D eigenvalue weighted by Gasteiger charge is -2.08. The lowest BCUT2D eigenvalue weighted by molar-refractivity contribution is -0.116. The van der Waals surface area contributed by atoms with E-state index in [1.54, 1.807) is 19.1 Å². The average Bonchev–Trinajstić information content (AvgIpc) is 2.59. The highest BCUT2D eigenvalue weighted by molar-refractivity contribution is 5.98. The lowest BCUT2D eigenvalue weighted by Crippen LogP contribution is -2.25. The van der Waals surface area contributed by atoms with Gasteiger partial charge in [0.15, 0.2) is 11.5 Å². The maximum atomic E-state index is 12.4. The molecule has 25 heavy (non-hydrogen) atoms. The number of aromatic nitrogens is 2. The van der Waals surface area contributed by atoms with Crippen LogP contribution in [0.25, 0.3) is 11.0 Å². The fourth-order valence-corrected chi connectivity index (χ4v) is 2.58. The topological polar surface area (TPSA) is 98.0 Å². The summed E-state index contributed by atoms with van der Waals surface area (Å²) in [5.41, 5.74) is 9.06. The van der Waals surface area contributed by atoms with E-state index in [2.05, 4.69) is 15.3 Å². The van der Waals surface area contributed by atoms with E-state index in [0.29, 0.717) is 24.0 Å². The van der Waals surface area contributed by atoms with Crippen LogP contribution < -0.4 is 11.1 Å². The van der Waals surface area contributed by atoms with Crippen molar-refractivity contribution < 1.29 is 9.59 Å². The number of anilines is 1. The van der Waals surface area contributed by atoms with Gasteiger partial charge in [0.1, 0.15) is 5.78 Å². The molecule has 0 aliphatic heterocycles. The average molecular weight is 334 g/mol. The molecule has 0 aliphatic carbocycles. The third-order valence-corrected chi connectivity index (χ3v) is 3.71. The Morgan fingerprint density at radius 1 is 1.00 bits per heavy atom. The van der Waals surface area contributed by atoms with Crippen LogP contribution in [0.4, 0.5) is 5.82 Å². The Labute approximate surface area is 145 Å². The zero-order valence-corrected chi connectivity index (χ0v) is 13.8. The number of fused-ring (bicyclic) bond motifs is 1. The first-order valence-corrected chi connectivity index (χ1v) is 7.90. The monoisotopic (exact) mass is 334 g/mol. The number of hydrogen-bond donors (Lipinski definition) is 2. The summed E-state index contributed by atoms with van der Waals surface area (Å²) in [6, 6.07) is 14.8. The lowest BCUT2D eigenvalue weighted by atomic mass is 10.1. The summed E-state index contributed by atoms with van der Waals surface area (Å²) in [7, 11) is 0. The molecule has 1 aromatic heterocycles. The number of nitrogens with one attached hydrogen (secondary N) is 1. The molecule has 0 bridgehead atoms. The van der Waals surface area contributed by atoms with Crippen LogP contribution in [0.15, 0.2) is 48.5 Å². The number of benzene rings is 2. The molecular weight excluding hydrogens is 316 g/mol. The van der Waals surface area contributed by atoms with Crippen LogP contribution in [-0.2, 0) is 17.8 Å². The summed E-state index contributed by atoms with van der Waals surface area (Å²) >= 11 is 0. The number of amides is 1. The molecule has 0 spiro atoms. The Balaban J connectivity index is 1.74. The molecule has 0 radical (unpaired) electrons. The summed E-state index contributed by atoms with van der Waals surface area (Å²) in [5.74, 6) is -0.186. The number of carbonyl (C=O) groups excluding carboxylic acids is 2. The molecule has 6 nitrogen and oxygen atoms in total. The van der Waals surface area contributed by atoms with E-state index in [1.807, 2.05) is 36.4 Å². The number of Topliss-reactive ketones (excluding diaryl/α,β-unsaturated/α-hetero) is 1. The van der Waals surface area contributed by atoms with Crippen molar-refractivity contribution in [2.45, 2.75) is 19.9 Å². The van der Waals surface area contributed by atoms with Crippen molar-refractivity contribution in [3.05, 3.63) is 65.4 Å². The van der Waals surface area contributed by atoms with Gasteiger partial charge in [-0.05, 0) is 30.2 Å². The standard InChI is InChI=1S/C19H18N4O2/c1-12(24)9-13-5-4-6-14(10-13)11-21-19(25)17-18(20)23-16-8-3-2-7-15(16)22-17/h2-8,10H,9,11H2,1H3,(H2,20,23)(H,21,25). The van der Waals surface area contributed by atoms with E-state index >= 15 is 0 Å². The third kappa shape index (κ3) is 3.98. The molecule has 1 amide bonds. The first-order chi connectivity index (χ1) is 12.0. The second kappa shape index (κ2) is 7.09. The van der Waals surface area contributed by atoms with Gasteiger partial charge < -0.3 is 11.1 Å². The van der Waals surface area contributed by atoms with Crippen LogP contribution in [0.1, 0.15) is 28.5 Å². The Morgan fingerprint density at radius 3 is 2.40 bits per heavy atom. The SMILES string of the molecule is CC(=O)Cc1cccc(CNC(=O)c2nc3ccccc3nc2N)c1. The van der Waals surface area contributed by atoms with Crippen molar-refractivity contribution >= 4 is 28.5 Å². The highest BCUT2D eigenvalue weighted by atomic mass is 16.2. The van der Waals surface area contributed by atoms with Crippen LogP contribution in [0, 0.1) is 0 Å². The second-order valence-corrected chi connectivity index (χ2v) is 5.83. The van der Waals surface area contributed by atoms with Crippen molar-refractivity contribution in [1.82, 2.24) is 15.3 Å². The molecule has 0 saturated heterocycles. The molecular formula is C19H18N4O2. The molecule has 0 saturated carbocycles. The van der Waals surface area contributed by atoms with Crippen molar-refractivity contribution in [3.63, 3.8) is 0 Å². The zero-order valence-electron chi connectivity index (χ0n) is 13.8. The highest BCUT2D eigenvalue weighted by Crippen LogP contribution is 2.14. The Hall–Kier alpha value is -3.28. The number of nitrogens with zero attached hydrogens (tertiary/aromatic N) is 2. The van der Waals surface area contributed by atoms with Gasteiger partial charge in [0, 0.05) is 13.0 Å². The molecule has 3 rings (SSSR count). The fraction of sp³-hybridized carbons (Fsp3) is 0.158. The van der Waals surface area contributed by atoms with E-state index < -0.39 is 0 Å². The van der Waals surface area contributed by atoms with Gasteiger partial charge in [-0.1, -0.05) is 36.4 Å². The molecule has 3 aromatic rings. The fourth-order valence-electron chi connectivity index (χ4n) is 2.58. The normalized spacial score (nSPS) is 10.6. The van der Waals surface area contributed by atoms with Crippen LogP contribution in [-0.4, -0.2) is 21.7 Å². The molecule has 126 valence electrons. The Kier molecular flexibility index (Phi) is 4.70. The van der Waals surface area contributed by atoms with Crippen LogP contribution in [0.3, 0.4) is 0 Å². The Bertz CT molecular complexity index is 953. The predicted octanol–water partition coefficient (Wildman–Crippen LogP) is 2.27. The number of para-hydroxylation sites is 2. The molecule has 0 unspecified atom stereocenters. The van der Waals surface area contributed by atoms with Gasteiger partial charge >= 0.3 is 0 Å². The van der Waals surface area contributed by atoms with Crippen molar-refractivity contribution in [2.24, 2.45) is 0 Å². The van der Waals surface area contributed by atoms with Gasteiger partial charge in [0.05, 0.1) is 11.0 Å². The molecule has 0 atom stereocenters. The number of ketones is 1. The minimum atomic E-state index is -0.382. The van der Waals surface area contributed by atoms with Gasteiger partial charge in [-0.3, -0.25) is 9.59 Å². The number of rotatable bonds is 5. The summed E-state index contributed by atoms with van der Waals surface area (Å²) in [5, 5.41) is 2.79. The van der Waals surface area contributed by atoms with Crippen LogP contribution in [0.2, 0.25) is 0 Å². The van der Waals surface area contributed by atoms with E-state index in [0.717, 1.165) is 11.1 Å². The molecule has 0 aliphatic rings. The third-order valence-electron chi connectivity index (χ3n) is 3.71. The molecule has 2 aromatic carbocycles. The maximum absolute atomic E-state index is 12.4. The van der Waals surface area contributed by atoms with Gasteiger partial charge in [0.25, 0.3) is 5.91 Å². The number of carbonyl (C=O) groups is 2. The van der Waals surface area contributed by atoms with Gasteiger partial charge in [0.2, 0.25) is 0 Å². The number of nitrogens with two attached hydrogens (primary N) is 1. The summed E-state index contributed by atoms with van der Waals surface area (Å²) in [6.45, 7) is 1.87. The largest absolute Gasteiger partial charge is 0.382 e. The van der Waals surface area contributed by atoms with E-state index in [4.69, 9.17) is 5.73 Å². The van der Waals surface area contributed by atoms with E-state index in [-0.39, 0.29) is 23.2 Å². The minimum Gasteiger partial charge on any atom is -0.382 e. The summed E-state index contributed by atoms with van der Waals surface area (Å²) in [6.07, 6.45) is 0.380. The van der Waals surface area contributed by atoms with Gasteiger partial charge in [-0.25, -0.2) is 9.97 Å². The highest BCUT2D eigenvalue weighted by Gasteiger charge is 2.14. The summed E-state index contributed by atoms with van der Waals surface area (Å²) < 4.78 is 0. The summed E-state index contributed by atoms with van der Waals surface area (Å²) in [4.78, 5) is 32.1. The van der Waals surface area contributed by atoms with E-state index in [1.165, 1.54) is 0 Å². The molecule has 1 heterocycles. The minimum absolute atomic E-state index is 0.0976. The number of hydrogen-bond acceptors (Lipinski definition) is 5. The smallest absolute Gasteiger partial charge is 0.274 e. The van der Waals surface area contributed by atoms with Gasteiger partial charge in [-0.15, -0.1) is 0 Å². The van der Waals surface area contributed by atoms with Crippen LogP contribution >= 0.6 is 0 Å². The molecule has 0 fully saturated rings. The Morgan fingerprint density at radius 2 is 1.68 bits per heavy atom. The van der Waals surface area contributed by atoms with Crippen molar-refractivity contribution in [3.8, 4) is 0 Å². The molecule has 6 heteroatoms. The second-order valence-electron chi connectivity index (χ2n) is 5.83. The van der Waals surface area contributed by atoms with E-state index in [9.17, 15) is 9.59 Å². The van der Waals surface area contributed by atoms with Crippen molar-refractivity contribution in [2.75, 3.05) is 5.73 Å². The predicted molar refractivity (Wildman–Crippen MR) is 95.9 cm³/mol. The quantitative estimate of drug-likeness (QED) is 0.746. The van der Waals surface area contributed by atoms with Gasteiger partial charge in [-0.2, -0.15) is 0 Å².